The Morgan fingerprint density at radius 3 is 2.50 bits per heavy atom. The second-order valence-electron chi connectivity index (χ2n) is 2.64. The number of carbonyl (C=O) groups is 2. The first-order chi connectivity index (χ1) is 6.43. The fourth-order valence-corrected chi connectivity index (χ4v) is 0.529. The Morgan fingerprint density at radius 2 is 2.07 bits per heavy atom. The van der Waals surface area contributed by atoms with Gasteiger partial charge in [-0.25, -0.2) is 9.59 Å². The number of aliphatic carboxylic acids is 1. The average molecular weight is 200 g/mol. The summed E-state index contributed by atoms with van der Waals surface area (Å²) in [4.78, 5) is 21.1. The van der Waals surface area contributed by atoms with E-state index in [-0.39, 0.29) is 12.2 Å². The molecule has 0 fully saturated rings. The van der Waals surface area contributed by atoms with E-state index >= 15 is 0 Å². The smallest absolute Gasteiger partial charge is 0.337 e. The van der Waals surface area contributed by atoms with Gasteiger partial charge in [0.15, 0.2) is 0 Å². The minimum Gasteiger partial charge on any atom is -0.478 e. The first-order valence-corrected chi connectivity index (χ1v) is 3.88. The van der Waals surface area contributed by atoms with Gasteiger partial charge in [-0.05, 0) is 13.0 Å². The molecule has 14 heavy (non-hydrogen) atoms. The SMILES string of the molecule is C=C(C=CC(=O)O)C(=O)OCC(C)O. The standard InChI is InChI=1S/C9H12O5/c1-6(3-4-8(11)12)9(13)14-5-7(2)10/h3-4,7,10H,1,5H2,2H3,(H,11,12). The van der Waals surface area contributed by atoms with Gasteiger partial charge in [-0.3, -0.25) is 0 Å². The predicted octanol–water partition coefficient (Wildman–Crippen LogP) is 0.107. The first kappa shape index (κ1) is 12.4. The number of carboxylic acid groups (broad SMARTS) is 1. The normalized spacial score (nSPS) is 12.4. The van der Waals surface area contributed by atoms with Gasteiger partial charge in [0.1, 0.15) is 6.61 Å². The molecule has 0 amide bonds. The number of carboxylic acids is 1. The molecule has 0 saturated carbocycles. The van der Waals surface area contributed by atoms with Crippen LogP contribution >= 0.6 is 0 Å². The van der Waals surface area contributed by atoms with Crippen LogP contribution in [-0.2, 0) is 14.3 Å². The first-order valence-electron chi connectivity index (χ1n) is 3.88. The number of esters is 1. The third-order valence-electron chi connectivity index (χ3n) is 1.14. The number of rotatable bonds is 5. The Balaban J connectivity index is 4.01. The molecule has 0 spiro atoms. The van der Waals surface area contributed by atoms with Gasteiger partial charge in [-0.15, -0.1) is 0 Å². The van der Waals surface area contributed by atoms with Crippen molar-refractivity contribution in [2.45, 2.75) is 13.0 Å². The molecule has 0 aliphatic heterocycles. The summed E-state index contributed by atoms with van der Waals surface area (Å²) in [5.74, 6) is -1.92. The van der Waals surface area contributed by atoms with Crippen molar-refractivity contribution in [3.8, 4) is 0 Å². The molecule has 0 radical (unpaired) electrons. The summed E-state index contributed by atoms with van der Waals surface area (Å²) in [6.45, 7) is 4.62. The zero-order chi connectivity index (χ0) is 11.1. The van der Waals surface area contributed by atoms with Crippen LogP contribution in [0, 0.1) is 0 Å². The van der Waals surface area contributed by atoms with Crippen LogP contribution in [-0.4, -0.2) is 34.9 Å². The van der Waals surface area contributed by atoms with Crippen LogP contribution in [0.5, 0.6) is 0 Å². The molecule has 0 bridgehead atoms. The fraction of sp³-hybridized carbons (Fsp3) is 0.333. The Kier molecular flexibility index (Phi) is 5.24. The summed E-state index contributed by atoms with van der Waals surface area (Å²) < 4.78 is 4.56. The second-order valence-corrected chi connectivity index (χ2v) is 2.64. The van der Waals surface area contributed by atoms with E-state index in [1.54, 1.807) is 0 Å². The van der Waals surface area contributed by atoms with Gasteiger partial charge in [-0.2, -0.15) is 0 Å². The molecule has 0 rings (SSSR count). The van der Waals surface area contributed by atoms with Crippen molar-refractivity contribution in [2.75, 3.05) is 6.61 Å². The highest BCUT2D eigenvalue weighted by Gasteiger charge is 2.07. The topological polar surface area (TPSA) is 83.8 Å². The number of hydrogen-bond donors (Lipinski definition) is 2. The van der Waals surface area contributed by atoms with E-state index in [0.29, 0.717) is 0 Å². The Bertz CT molecular complexity index is 264. The van der Waals surface area contributed by atoms with Crippen LogP contribution in [0.15, 0.2) is 24.3 Å². The summed E-state index contributed by atoms with van der Waals surface area (Å²) in [5, 5.41) is 17.0. The largest absolute Gasteiger partial charge is 0.478 e. The number of hydrogen-bond acceptors (Lipinski definition) is 4. The average Bonchev–Trinajstić information content (AvgIpc) is 2.09. The van der Waals surface area contributed by atoms with Gasteiger partial charge < -0.3 is 14.9 Å². The lowest BCUT2D eigenvalue weighted by molar-refractivity contribution is -0.141. The van der Waals surface area contributed by atoms with E-state index in [0.717, 1.165) is 12.2 Å². The quantitative estimate of drug-likeness (QED) is 0.374. The minimum atomic E-state index is -1.17. The van der Waals surface area contributed by atoms with E-state index in [1.165, 1.54) is 6.92 Å². The van der Waals surface area contributed by atoms with E-state index in [1.807, 2.05) is 0 Å². The fourth-order valence-electron chi connectivity index (χ4n) is 0.529. The number of aliphatic hydroxyl groups excluding tert-OH is 1. The van der Waals surface area contributed by atoms with Gasteiger partial charge in [-0.1, -0.05) is 6.58 Å². The predicted molar refractivity (Wildman–Crippen MR) is 48.6 cm³/mol. The Hall–Kier alpha value is -1.62. The maximum Gasteiger partial charge on any atom is 0.337 e. The van der Waals surface area contributed by atoms with Crippen molar-refractivity contribution in [1.82, 2.24) is 0 Å². The molecule has 0 aliphatic rings. The summed E-state index contributed by atoms with van der Waals surface area (Å²) >= 11 is 0. The summed E-state index contributed by atoms with van der Waals surface area (Å²) in [5.41, 5.74) is -0.0759. The van der Waals surface area contributed by atoms with Crippen LogP contribution in [0.4, 0.5) is 0 Å². The van der Waals surface area contributed by atoms with Crippen molar-refractivity contribution in [1.29, 1.82) is 0 Å². The molecule has 0 aromatic rings. The maximum absolute atomic E-state index is 11.0. The number of carbonyl (C=O) groups excluding carboxylic acids is 1. The lowest BCUT2D eigenvalue weighted by atomic mass is 10.3. The molecule has 1 unspecified atom stereocenters. The molecule has 1 atom stereocenters. The molecule has 0 aliphatic carbocycles. The molecular formula is C9H12O5. The van der Waals surface area contributed by atoms with E-state index in [4.69, 9.17) is 10.2 Å². The molecule has 5 heteroatoms. The summed E-state index contributed by atoms with van der Waals surface area (Å²) in [6.07, 6.45) is 1.06. The molecule has 0 heterocycles. The van der Waals surface area contributed by atoms with E-state index in [2.05, 4.69) is 11.3 Å². The zero-order valence-electron chi connectivity index (χ0n) is 7.77. The molecule has 78 valence electrons. The van der Waals surface area contributed by atoms with Crippen LogP contribution in [0.2, 0.25) is 0 Å². The highest BCUT2D eigenvalue weighted by molar-refractivity contribution is 5.93. The third-order valence-corrected chi connectivity index (χ3v) is 1.14. The highest BCUT2D eigenvalue weighted by atomic mass is 16.5. The van der Waals surface area contributed by atoms with Crippen LogP contribution in [0.25, 0.3) is 0 Å². The molecule has 0 aromatic heterocycles. The van der Waals surface area contributed by atoms with Crippen LogP contribution in [0.1, 0.15) is 6.92 Å². The minimum absolute atomic E-state index is 0.0759. The van der Waals surface area contributed by atoms with Gasteiger partial charge in [0.05, 0.1) is 11.7 Å². The van der Waals surface area contributed by atoms with Crippen molar-refractivity contribution in [3.05, 3.63) is 24.3 Å². The van der Waals surface area contributed by atoms with Crippen molar-refractivity contribution >= 4 is 11.9 Å². The molecule has 5 nitrogen and oxygen atoms in total. The lowest BCUT2D eigenvalue weighted by Crippen LogP contribution is -2.15. The molecule has 0 aromatic carbocycles. The molecule has 2 N–H and O–H groups in total. The summed E-state index contributed by atoms with van der Waals surface area (Å²) in [6, 6.07) is 0. The Morgan fingerprint density at radius 1 is 1.50 bits per heavy atom. The van der Waals surface area contributed by atoms with E-state index in [9.17, 15) is 9.59 Å². The molecule has 0 saturated heterocycles. The maximum atomic E-state index is 11.0. The van der Waals surface area contributed by atoms with Gasteiger partial charge >= 0.3 is 11.9 Å². The van der Waals surface area contributed by atoms with Gasteiger partial charge in [0, 0.05) is 6.08 Å². The van der Waals surface area contributed by atoms with Crippen molar-refractivity contribution < 1.29 is 24.5 Å². The summed E-state index contributed by atoms with van der Waals surface area (Å²) in [7, 11) is 0. The van der Waals surface area contributed by atoms with Crippen molar-refractivity contribution in [3.63, 3.8) is 0 Å². The van der Waals surface area contributed by atoms with Gasteiger partial charge in [0.2, 0.25) is 0 Å². The number of ether oxygens (including phenoxy) is 1. The van der Waals surface area contributed by atoms with Gasteiger partial charge in [0.25, 0.3) is 0 Å². The lowest BCUT2D eigenvalue weighted by Gasteiger charge is -2.05. The highest BCUT2D eigenvalue weighted by Crippen LogP contribution is 1.97. The zero-order valence-corrected chi connectivity index (χ0v) is 7.77. The van der Waals surface area contributed by atoms with E-state index < -0.39 is 18.0 Å². The van der Waals surface area contributed by atoms with Crippen LogP contribution in [0.3, 0.4) is 0 Å². The molecular weight excluding hydrogens is 188 g/mol. The third kappa shape index (κ3) is 5.96. The number of aliphatic hydroxyl groups is 1. The monoisotopic (exact) mass is 200 g/mol. The van der Waals surface area contributed by atoms with Crippen LogP contribution < -0.4 is 0 Å². The second kappa shape index (κ2) is 5.93. The van der Waals surface area contributed by atoms with Crippen molar-refractivity contribution in [2.24, 2.45) is 0 Å². The Labute approximate surface area is 81.3 Å².